The van der Waals surface area contributed by atoms with E-state index in [2.05, 4.69) is 10.3 Å². The molecular formula is C16H12F2N2O. The minimum atomic E-state index is -0.455. The van der Waals surface area contributed by atoms with Crippen molar-refractivity contribution in [1.82, 2.24) is 4.98 Å². The van der Waals surface area contributed by atoms with Crippen LogP contribution in [-0.4, -0.2) is 4.98 Å². The molecule has 3 rings (SSSR count). The van der Waals surface area contributed by atoms with Gasteiger partial charge >= 0.3 is 0 Å². The standard InChI is InChI=1S/C16H12F2N2O/c17-13-4-5-15(18)12(6-13)8-20-14-3-1-2-11(7-14)16-9-19-10-21-16/h1-7,9-10,20H,8H2. The summed E-state index contributed by atoms with van der Waals surface area (Å²) in [7, 11) is 0. The molecule has 0 saturated carbocycles. The lowest BCUT2D eigenvalue weighted by molar-refractivity contribution is 0.572. The van der Waals surface area contributed by atoms with Crippen LogP contribution in [0.2, 0.25) is 0 Å². The van der Waals surface area contributed by atoms with Crippen molar-refractivity contribution in [3.05, 3.63) is 72.3 Å². The van der Waals surface area contributed by atoms with Crippen LogP contribution in [0.1, 0.15) is 5.56 Å². The number of hydrogen-bond donors (Lipinski definition) is 1. The van der Waals surface area contributed by atoms with Crippen LogP contribution < -0.4 is 5.32 Å². The zero-order valence-corrected chi connectivity index (χ0v) is 11.0. The number of aromatic nitrogens is 1. The maximum Gasteiger partial charge on any atom is 0.181 e. The Kier molecular flexibility index (Phi) is 3.64. The summed E-state index contributed by atoms with van der Waals surface area (Å²) in [5.41, 5.74) is 1.92. The SMILES string of the molecule is Fc1ccc(F)c(CNc2cccc(-c3cnco3)c2)c1. The lowest BCUT2D eigenvalue weighted by Crippen LogP contribution is -2.02. The molecule has 5 heteroatoms. The van der Waals surface area contributed by atoms with Crippen molar-refractivity contribution in [1.29, 1.82) is 0 Å². The summed E-state index contributed by atoms with van der Waals surface area (Å²) in [6.45, 7) is 0.198. The summed E-state index contributed by atoms with van der Waals surface area (Å²) < 4.78 is 31.9. The molecule has 21 heavy (non-hydrogen) atoms. The maximum absolute atomic E-state index is 13.5. The van der Waals surface area contributed by atoms with Gasteiger partial charge in [0, 0.05) is 23.4 Å². The molecule has 1 heterocycles. The number of rotatable bonds is 4. The van der Waals surface area contributed by atoms with E-state index in [4.69, 9.17) is 4.42 Å². The Hall–Kier alpha value is -2.69. The van der Waals surface area contributed by atoms with Gasteiger partial charge in [-0.15, -0.1) is 0 Å². The molecule has 1 N–H and O–H groups in total. The molecule has 0 bridgehead atoms. The summed E-state index contributed by atoms with van der Waals surface area (Å²) in [5, 5.41) is 3.06. The highest BCUT2D eigenvalue weighted by Gasteiger charge is 2.05. The van der Waals surface area contributed by atoms with Gasteiger partial charge in [-0.2, -0.15) is 0 Å². The number of nitrogens with one attached hydrogen (secondary N) is 1. The highest BCUT2D eigenvalue weighted by Crippen LogP contribution is 2.22. The molecule has 0 spiro atoms. The van der Waals surface area contributed by atoms with Crippen LogP contribution in [0, 0.1) is 11.6 Å². The van der Waals surface area contributed by atoms with E-state index >= 15 is 0 Å². The molecule has 2 aromatic carbocycles. The van der Waals surface area contributed by atoms with Crippen molar-refractivity contribution in [2.45, 2.75) is 6.54 Å². The molecule has 0 fully saturated rings. The molecule has 106 valence electrons. The topological polar surface area (TPSA) is 38.1 Å². The second-order valence-electron chi connectivity index (χ2n) is 4.54. The van der Waals surface area contributed by atoms with Crippen LogP contribution in [0.4, 0.5) is 14.5 Å². The third kappa shape index (κ3) is 3.08. The van der Waals surface area contributed by atoms with Gasteiger partial charge in [0.05, 0.1) is 6.20 Å². The minimum absolute atomic E-state index is 0.198. The second-order valence-corrected chi connectivity index (χ2v) is 4.54. The fraction of sp³-hybridized carbons (Fsp3) is 0.0625. The number of halogens is 2. The summed E-state index contributed by atoms with van der Waals surface area (Å²) in [6.07, 6.45) is 2.98. The first-order chi connectivity index (χ1) is 10.2. The van der Waals surface area contributed by atoms with Crippen molar-refractivity contribution in [2.75, 3.05) is 5.32 Å². The van der Waals surface area contributed by atoms with Crippen molar-refractivity contribution in [2.24, 2.45) is 0 Å². The van der Waals surface area contributed by atoms with Gasteiger partial charge < -0.3 is 9.73 Å². The predicted molar refractivity (Wildman–Crippen MR) is 75.6 cm³/mol. The van der Waals surface area contributed by atoms with Crippen LogP contribution >= 0.6 is 0 Å². The predicted octanol–water partition coefficient (Wildman–Crippen LogP) is 4.23. The number of oxazole rings is 1. The lowest BCUT2D eigenvalue weighted by Gasteiger charge is -2.08. The highest BCUT2D eigenvalue weighted by molar-refractivity contribution is 5.63. The van der Waals surface area contributed by atoms with Gasteiger partial charge in [-0.3, -0.25) is 0 Å². The molecule has 3 nitrogen and oxygen atoms in total. The summed E-state index contributed by atoms with van der Waals surface area (Å²) in [4.78, 5) is 3.86. The van der Waals surface area contributed by atoms with E-state index in [0.717, 1.165) is 23.4 Å². The quantitative estimate of drug-likeness (QED) is 0.780. The van der Waals surface area contributed by atoms with E-state index in [1.807, 2.05) is 24.3 Å². The van der Waals surface area contributed by atoms with Crippen LogP contribution in [0.25, 0.3) is 11.3 Å². The average molecular weight is 286 g/mol. The van der Waals surface area contributed by atoms with E-state index < -0.39 is 11.6 Å². The van der Waals surface area contributed by atoms with Crippen molar-refractivity contribution in [3.63, 3.8) is 0 Å². The summed E-state index contributed by atoms with van der Waals surface area (Å²) in [5.74, 6) is -0.241. The Bertz CT molecular complexity index is 742. The minimum Gasteiger partial charge on any atom is -0.444 e. The van der Waals surface area contributed by atoms with Crippen molar-refractivity contribution < 1.29 is 13.2 Å². The van der Waals surface area contributed by atoms with E-state index in [1.54, 1.807) is 6.20 Å². The Morgan fingerprint density at radius 1 is 1.10 bits per heavy atom. The molecule has 0 aliphatic carbocycles. The summed E-state index contributed by atoms with van der Waals surface area (Å²) >= 11 is 0. The highest BCUT2D eigenvalue weighted by atomic mass is 19.1. The Morgan fingerprint density at radius 3 is 2.81 bits per heavy atom. The van der Waals surface area contributed by atoms with Crippen LogP contribution in [-0.2, 0) is 6.54 Å². The largest absolute Gasteiger partial charge is 0.444 e. The number of nitrogens with zero attached hydrogens (tertiary/aromatic N) is 1. The number of anilines is 1. The van der Waals surface area contributed by atoms with E-state index in [0.29, 0.717) is 5.76 Å². The van der Waals surface area contributed by atoms with Gasteiger partial charge in [0.25, 0.3) is 0 Å². The summed E-state index contributed by atoms with van der Waals surface area (Å²) in [6, 6.07) is 10.8. The molecular weight excluding hydrogens is 274 g/mol. The Morgan fingerprint density at radius 2 is 2.00 bits per heavy atom. The molecule has 0 aliphatic rings. The fourth-order valence-corrected chi connectivity index (χ4v) is 2.02. The van der Waals surface area contributed by atoms with Gasteiger partial charge in [0.2, 0.25) is 0 Å². The molecule has 0 aliphatic heterocycles. The Balaban J connectivity index is 1.76. The van der Waals surface area contributed by atoms with Crippen LogP contribution in [0.3, 0.4) is 0 Å². The second kappa shape index (κ2) is 5.75. The lowest BCUT2D eigenvalue weighted by atomic mass is 10.1. The molecule has 0 unspecified atom stereocenters. The van der Waals surface area contributed by atoms with E-state index in [9.17, 15) is 8.78 Å². The monoisotopic (exact) mass is 286 g/mol. The molecule has 0 atom stereocenters. The molecule has 0 amide bonds. The van der Waals surface area contributed by atoms with E-state index in [1.165, 1.54) is 12.5 Å². The molecule has 0 radical (unpaired) electrons. The Labute approximate surface area is 120 Å². The van der Waals surface area contributed by atoms with Gasteiger partial charge in [-0.25, -0.2) is 13.8 Å². The number of hydrogen-bond acceptors (Lipinski definition) is 3. The van der Waals surface area contributed by atoms with Gasteiger partial charge in [-0.05, 0) is 30.3 Å². The van der Waals surface area contributed by atoms with E-state index in [-0.39, 0.29) is 12.1 Å². The van der Waals surface area contributed by atoms with Crippen molar-refractivity contribution >= 4 is 5.69 Å². The average Bonchev–Trinajstić information content (AvgIpc) is 3.03. The van der Waals surface area contributed by atoms with Crippen LogP contribution in [0.5, 0.6) is 0 Å². The third-order valence-corrected chi connectivity index (χ3v) is 3.07. The zero-order chi connectivity index (χ0) is 14.7. The first kappa shape index (κ1) is 13.3. The maximum atomic E-state index is 13.5. The van der Waals surface area contributed by atoms with Gasteiger partial charge in [-0.1, -0.05) is 12.1 Å². The van der Waals surface area contributed by atoms with Crippen LogP contribution in [0.15, 0.2) is 59.5 Å². The first-order valence-corrected chi connectivity index (χ1v) is 6.39. The fourth-order valence-electron chi connectivity index (χ4n) is 2.02. The third-order valence-electron chi connectivity index (χ3n) is 3.07. The number of benzene rings is 2. The molecule has 1 aromatic heterocycles. The molecule has 3 aromatic rings. The molecule has 0 saturated heterocycles. The van der Waals surface area contributed by atoms with Gasteiger partial charge in [0.1, 0.15) is 11.6 Å². The normalized spacial score (nSPS) is 10.6. The smallest absolute Gasteiger partial charge is 0.181 e. The first-order valence-electron chi connectivity index (χ1n) is 6.39. The van der Waals surface area contributed by atoms with Gasteiger partial charge in [0.15, 0.2) is 12.2 Å². The van der Waals surface area contributed by atoms with Crippen molar-refractivity contribution in [3.8, 4) is 11.3 Å². The zero-order valence-electron chi connectivity index (χ0n) is 11.0.